The number of anilines is 1. The maximum atomic E-state index is 6.01. The number of nitrogens with two attached hydrogens (primary N) is 1. The second-order valence-electron chi connectivity index (χ2n) is 5.64. The van der Waals surface area contributed by atoms with Crippen LogP contribution < -0.4 is 15.2 Å². The highest BCUT2D eigenvalue weighted by atomic mass is 16.5. The molecule has 2 N–H and O–H groups in total. The first-order valence-electron chi connectivity index (χ1n) is 6.61. The van der Waals surface area contributed by atoms with Gasteiger partial charge in [-0.2, -0.15) is 0 Å². The van der Waals surface area contributed by atoms with Gasteiger partial charge in [-0.15, -0.1) is 0 Å². The lowest BCUT2D eigenvalue weighted by atomic mass is 10.2. The molecule has 0 unspecified atom stereocenters. The van der Waals surface area contributed by atoms with Gasteiger partial charge in [0.2, 0.25) is 0 Å². The Morgan fingerprint density at radius 1 is 1.11 bits per heavy atom. The molecule has 1 rings (SSSR count). The van der Waals surface area contributed by atoms with Crippen molar-refractivity contribution in [3.63, 3.8) is 0 Å². The summed E-state index contributed by atoms with van der Waals surface area (Å²) in [6.07, 6.45) is 0.0850. The van der Waals surface area contributed by atoms with Crippen LogP contribution in [0.25, 0.3) is 0 Å². The predicted octanol–water partition coefficient (Wildman–Crippen LogP) is 3.25. The number of ether oxygens (including phenoxy) is 3. The molecule has 0 aliphatic heterocycles. The minimum atomic E-state index is -0.155. The minimum absolute atomic E-state index is 0.0850. The highest BCUT2D eigenvalue weighted by Gasteiger charge is 2.11. The Labute approximate surface area is 115 Å². The molecule has 4 heteroatoms. The van der Waals surface area contributed by atoms with Crippen molar-refractivity contribution in [3.05, 3.63) is 18.2 Å². The number of benzene rings is 1. The molecule has 0 heterocycles. The Bertz CT molecular complexity index is 397. The molecule has 0 radical (unpaired) electrons. The Balaban J connectivity index is 2.54. The molecule has 0 aliphatic rings. The lowest BCUT2D eigenvalue weighted by Gasteiger charge is -2.20. The molecule has 0 saturated carbocycles. The Morgan fingerprint density at radius 3 is 2.32 bits per heavy atom. The fraction of sp³-hybridized carbons (Fsp3) is 0.600. The van der Waals surface area contributed by atoms with Gasteiger partial charge >= 0.3 is 0 Å². The summed E-state index contributed by atoms with van der Waals surface area (Å²) < 4.78 is 16.8. The maximum absolute atomic E-state index is 6.01. The zero-order valence-electron chi connectivity index (χ0n) is 12.5. The van der Waals surface area contributed by atoms with Gasteiger partial charge in [-0.05, 0) is 46.8 Å². The molecule has 4 nitrogen and oxygen atoms in total. The van der Waals surface area contributed by atoms with E-state index >= 15 is 0 Å². The highest BCUT2D eigenvalue weighted by Crippen LogP contribution is 2.31. The number of para-hydroxylation sites is 1. The minimum Gasteiger partial charge on any atom is -0.489 e. The SMILES string of the molecule is CC(C)Oc1cccc(OCCOC(C)(C)C)c1N. The van der Waals surface area contributed by atoms with Crippen LogP contribution in [0.15, 0.2) is 18.2 Å². The van der Waals surface area contributed by atoms with Gasteiger partial charge in [0, 0.05) is 0 Å². The first kappa shape index (κ1) is 15.6. The molecule has 0 aliphatic carbocycles. The van der Waals surface area contributed by atoms with Gasteiger partial charge in [0.05, 0.1) is 18.3 Å². The Morgan fingerprint density at radius 2 is 1.74 bits per heavy atom. The van der Waals surface area contributed by atoms with Crippen LogP contribution in [-0.4, -0.2) is 24.9 Å². The van der Waals surface area contributed by atoms with Crippen molar-refractivity contribution in [1.82, 2.24) is 0 Å². The molecule has 108 valence electrons. The molecule has 1 aromatic rings. The summed E-state index contributed by atoms with van der Waals surface area (Å²) in [5, 5.41) is 0. The first-order valence-corrected chi connectivity index (χ1v) is 6.61. The van der Waals surface area contributed by atoms with Crippen molar-refractivity contribution in [2.45, 2.75) is 46.3 Å². The number of hydrogen-bond donors (Lipinski definition) is 1. The number of rotatable bonds is 6. The quantitative estimate of drug-likeness (QED) is 0.635. The Hall–Kier alpha value is -1.42. The third-order valence-electron chi connectivity index (χ3n) is 2.26. The van der Waals surface area contributed by atoms with Crippen LogP contribution in [0.3, 0.4) is 0 Å². The smallest absolute Gasteiger partial charge is 0.146 e. The van der Waals surface area contributed by atoms with Crippen molar-refractivity contribution in [2.24, 2.45) is 0 Å². The van der Waals surface area contributed by atoms with Gasteiger partial charge in [0.1, 0.15) is 23.8 Å². The number of hydrogen-bond acceptors (Lipinski definition) is 4. The third kappa shape index (κ3) is 5.83. The van der Waals surface area contributed by atoms with Crippen LogP contribution in [0.4, 0.5) is 5.69 Å². The molecule has 0 aromatic heterocycles. The summed E-state index contributed by atoms with van der Waals surface area (Å²) in [7, 11) is 0. The van der Waals surface area contributed by atoms with Gasteiger partial charge in [-0.3, -0.25) is 0 Å². The molecule has 19 heavy (non-hydrogen) atoms. The van der Waals surface area contributed by atoms with E-state index in [4.69, 9.17) is 19.9 Å². The summed E-state index contributed by atoms with van der Waals surface area (Å²) >= 11 is 0. The highest BCUT2D eigenvalue weighted by molar-refractivity contribution is 5.62. The molecular formula is C15H25NO3. The third-order valence-corrected chi connectivity index (χ3v) is 2.26. The summed E-state index contributed by atoms with van der Waals surface area (Å²) in [4.78, 5) is 0. The van der Waals surface area contributed by atoms with Crippen molar-refractivity contribution in [3.8, 4) is 11.5 Å². The van der Waals surface area contributed by atoms with Crippen LogP contribution in [-0.2, 0) is 4.74 Å². The first-order chi connectivity index (χ1) is 8.79. The van der Waals surface area contributed by atoms with Gasteiger partial charge in [0.25, 0.3) is 0 Å². The monoisotopic (exact) mass is 267 g/mol. The molecule has 0 amide bonds. The summed E-state index contributed by atoms with van der Waals surface area (Å²) in [5.74, 6) is 1.29. The number of nitrogen functional groups attached to an aromatic ring is 1. The van der Waals surface area contributed by atoms with Crippen molar-refractivity contribution < 1.29 is 14.2 Å². The van der Waals surface area contributed by atoms with Gasteiger partial charge in [-0.1, -0.05) is 6.07 Å². The second kappa shape index (κ2) is 6.66. The fourth-order valence-corrected chi connectivity index (χ4v) is 1.51. The van der Waals surface area contributed by atoms with Crippen LogP contribution in [0.5, 0.6) is 11.5 Å². The molecule has 1 aromatic carbocycles. The van der Waals surface area contributed by atoms with Crippen LogP contribution in [0.2, 0.25) is 0 Å². The van der Waals surface area contributed by atoms with E-state index in [-0.39, 0.29) is 11.7 Å². The van der Waals surface area contributed by atoms with E-state index in [1.165, 1.54) is 0 Å². The predicted molar refractivity (Wildman–Crippen MR) is 77.8 cm³/mol. The Kier molecular flexibility index (Phi) is 5.48. The molecule has 0 atom stereocenters. The van der Waals surface area contributed by atoms with Crippen LogP contribution in [0, 0.1) is 0 Å². The van der Waals surface area contributed by atoms with Gasteiger partial charge < -0.3 is 19.9 Å². The molecule has 0 bridgehead atoms. The largest absolute Gasteiger partial charge is 0.489 e. The van der Waals surface area contributed by atoms with Gasteiger partial charge in [-0.25, -0.2) is 0 Å². The van der Waals surface area contributed by atoms with E-state index in [2.05, 4.69) is 0 Å². The molecule has 0 fully saturated rings. The topological polar surface area (TPSA) is 53.7 Å². The van der Waals surface area contributed by atoms with E-state index in [1.54, 1.807) is 0 Å². The zero-order valence-corrected chi connectivity index (χ0v) is 12.5. The second-order valence-corrected chi connectivity index (χ2v) is 5.64. The maximum Gasteiger partial charge on any atom is 0.146 e. The standard InChI is InChI=1S/C15H25NO3/c1-11(2)19-13-8-6-7-12(14(13)16)17-9-10-18-15(3,4)5/h6-8,11H,9-10,16H2,1-5H3. The average Bonchev–Trinajstić information content (AvgIpc) is 2.27. The van der Waals surface area contributed by atoms with Crippen LogP contribution in [0.1, 0.15) is 34.6 Å². The van der Waals surface area contributed by atoms with Crippen LogP contribution >= 0.6 is 0 Å². The van der Waals surface area contributed by atoms with Crippen molar-refractivity contribution >= 4 is 5.69 Å². The van der Waals surface area contributed by atoms with Crippen molar-refractivity contribution in [2.75, 3.05) is 18.9 Å². The lowest BCUT2D eigenvalue weighted by molar-refractivity contribution is -0.0162. The lowest BCUT2D eigenvalue weighted by Crippen LogP contribution is -2.22. The van der Waals surface area contributed by atoms with Gasteiger partial charge in [0.15, 0.2) is 0 Å². The summed E-state index contributed by atoms with van der Waals surface area (Å²) in [5.41, 5.74) is 6.39. The summed E-state index contributed by atoms with van der Waals surface area (Å²) in [6, 6.07) is 5.54. The van der Waals surface area contributed by atoms with E-state index in [0.717, 1.165) is 0 Å². The zero-order chi connectivity index (χ0) is 14.5. The normalized spacial score (nSPS) is 11.7. The average molecular weight is 267 g/mol. The summed E-state index contributed by atoms with van der Waals surface area (Å²) in [6.45, 7) is 11.0. The van der Waals surface area contributed by atoms with E-state index in [9.17, 15) is 0 Å². The molecule has 0 saturated heterocycles. The molecule has 0 spiro atoms. The van der Waals surface area contributed by atoms with E-state index < -0.39 is 0 Å². The molecular weight excluding hydrogens is 242 g/mol. The van der Waals surface area contributed by atoms with E-state index in [1.807, 2.05) is 52.8 Å². The van der Waals surface area contributed by atoms with Crippen molar-refractivity contribution in [1.29, 1.82) is 0 Å². The van der Waals surface area contributed by atoms with E-state index in [0.29, 0.717) is 30.4 Å². The fourth-order valence-electron chi connectivity index (χ4n) is 1.51.